The molecule has 1 aliphatic rings. The van der Waals surface area contributed by atoms with E-state index in [1.807, 2.05) is 64.5 Å². The highest BCUT2D eigenvalue weighted by molar-refractivity contribution is 7.13. The Morgan fingerprint density at radius 2 is 1.83 bits per heavy atom. The summed E-state index contributed by atoms with van der Waals surface area (Å²) in [6.07, 6.45) is 0.420. The zero-order valence-corrected chi connectivity index (χ0v) is 20.7. The lowest BCUT2D eigenvalue weighted by Crippen LogP contribution is -2.44. The molecule has 0 bridgehead atoms. The lowest BCUT2D eigenvalue weighted by molar-refractivity contribution is -0.116. The summed E-state index contributed by atoms with van der Waals surface area (Å²) in [6, 6.07) is 17.4. The second-order valence-electron chi connectivity index (χ2n) is 8.85. The van der Waals surface area contributed by atoms with Gasteiger partial charge in [-0.25, -0.2) is 9.97 Å². The largest absolute Gasteiger partial charge is 0.486 e. The van der Waals surface area contributed by atoms with Crippen molar-refractivity contribution in [2.24, 2.45) is 0 Å². The van der Waals surface area contributed by atoms with Crippen molar-refractivity contribution in [1.29, 1.82) is 0 Å². The number of fused-ring (bicyclic) bond motifs is 1. The van der Waals surface area contributed by atoms with Crippen LogP contribution in [0.25, 0.3) is 11.0 Å². The molecule has 0 spiro atoms. The minimum absolute atomic E-state index is 0.126. The minimum Gasteiger partial charge on any atom is -0.486 e. The first-order valence-electron chi connectivity index (χ1n) is 11.8. The Morgan fingerprint density at radius 1 is 1.09 bits per heavy atom. The van der Waals surface area contributed by atoms with E-state index >= 15 is 0 Å². The first-order valence-corrected chi connectivity index (χ1v) is 12.7. The Hall–Kier alpha value is -3.27. The Bertz CT molecular complexity index is 1280. The second-order valence-corrected chi connectivity index (χ2v) is 9.71. The lowest BCUT2D eigenvalue weighted by Gasteiger charge is -2.34. The first kappa shape index (κ1) is 23.5. The van der Waals surface area contributed by atoms with Crippen LogP contribution in [0.3, 0.4) is 0 Å². The molecule has 0 aliphatic carbocycles. The zero-order valence-electron chi connectivity index (χ0n) is 19.9. The van der Waals surface area contributed by atoms with Gasteiger partial charge in [0, 0.05) is 25.0 Å². The van der Waals surface area contributed by atoms with Crippen molar-refractivity contribution < 1.29 is 14.3 Å². The number of carbonyl (C=O) groups excluding carboxylic acids is 1. The van der Waals surface area contributed by atoms with Crippen LogP contribution in [-0.2, 0) is 29.2 Å². The van der Waals surface area contributed by atoms with Crippen LogP contribution in [0.4, 0.5) is 5.13 Å². The molecule has 3 heterocycles. The Morgan fingerprint density at radius 3 is 2.63 bits per heavy atom. The molecule has 0 radical (unpaired) electrons. The number of rotatable bonds is 8. The van der Waals surface area contributed by atoms with Gasteiger partial charge in [0.05, 0.1) is 28.9 Å². The average molecular weight is 492 g/mol. The summed E-state index contributed by atoms with van der Waals surface area (Å²) in [5, 5.41) is 5.57. The first-order chi connectivity index (χ1) is 17.0. The maximum Gasteiger partial charge on any atom is 0.246 e. The molecule has 2 aromatic carbocycles. The molecular weight excluding hydrogens is 462 g/mol. The molecule has 2 aromatic heterocycles. The Labute approximate surface area is 208 Å². The number of imidazole rings is 1. The lowest BCUT2D eigenvalue weighted by atomic mass is 10.2. The number of carbonyl (C=O) groups is 1. The number of anilines is 1. The van der Waals surface area contributed by atoms with Crippen molar-refractivity contribution in [1.82, 2.24) is 19.4 Å². The van der Waals surface area contributed by atoms with Gasteiger partial charge >= 0.3 is 0 Å². The van der Waals surface area contributed by atoms with Gasteiger partial charge in [0.15, 0.2) is 5.13 Å². The molecule has 1 fully saturated rings. The molecular formula is C26H29N5O3S. The Balaban J connectivity index is 1.25. The molecule has 8 nitrogen and oxygen atoms in total. The molecule has 2 atom stereocenters. The number of morpholine rings is 1. The van der Waals surface area contributed by atoms with Crippen LogP contribution < -0.4 is 10.1 Å². The highest BCUT2D eigenvalue weighted by atomic mass is 32.1. The van der Waals surface area contributed by atoms with Crippen LogP contribution in [0, 0.1) is 0 Å². The molecule has 4 aromatic rings. The number of thiazole rings is 1. The van der Waals surface area contributed by atoms with Gasteiger partial charge in [-0.15, -0.1) is 11.3 Å². The van der Waals surface area contributed by atoms with E-state index in [0.29, 0.717) is 11.0 Å². The zero-order chi connectivity index (χ0) is 24.2. The monoisotopic (exact) mass is 491 g/mol. The van der Waals surface area contributed by atoms with Crippen LogP contribution in [0.2, 0.25) is 0 Å². The normalized spacial score (nSPS) is 18.6. The molecule has 9 heteroatoms. The number of nitrogens with one attached hydrogen (secondary N) is 1. The van der Waals surface area contributed by atoms with Gasteiger partial charge in [0.1, 0.15) is 24.7 Å². The summed E-state index contributed by atoms with van der Waals surface area (Å²) in [7, 11) is 0. The predicted octanol–water partition coefficient (Wildman–Crippen LogP) is 4.32. The van der Waals surface area contributed by atoms with Gasteiger partial charge in [-0.3, -0.25) is 9.69 Å². The number of nitrogens with zero attached hydrogens (tertiary/aromatic N) is 4. The molecule has 1 saturated heterocycles. The summed E-state index contributed by atoms with van der Waals surface area (Å²) in [4.78, 5) is 24.7. The third kappa shape index (κ3) is 5.87. The van der Waals surface area contributed by atoms with Crippen LogP contribution >= 0.6 is 11.3 Å². The van der Waals surface area contributed by atoms with Crippen molar-refractivity contribution in [2.75, 3.05) is 18.4 Å². The minimum atomic E-state index is -0.149. The van der Waals surface area contributed by atoms with E-state index in [-0.39, 0.29) is 31.3 Å². The number of hydrogen-bond acceptors (Lipinski definition) is 7. The van der Waals surface area contributed by atoms with Crippen LogP contribution in [0.15, 0.2) is 60.0 Å². The maximum absolute atomic E-state index is 13.0. The molecule has 5 rings (SSSR count). The Kier molecular flexibility index (Phi) is 7.08. The summed E-state index contributed by atoms with van der Waals surface area (Å²) >= 11 is 1.45. The van der Waals surface area contributed by atoms with E-state index < -0.39 is 0 Å². The molecule has 182 valence electrons. The van der Waals surface area contributed by atoms with E-state index in [9.17, 15) is 4.79 Å². The number of ether oxygens (including phenoxy) is 2. The average Bonchev–Trinajstić information content (AvgIpc) is 3.41. The topological polar surface area (TPSA) is 81.5 Å². The van der Waals surface area contributed by atoms with Gasteiger partial charge in [0.2, 0.25) is 5.91 Å². The van der Waals surface area contributed by atoms with Gasteiger partial charge in [0.25, 0.3) is 0 Å². The summed E-state index contributed by atoms with van der Waals surface area (Å²) in [5.41, 5.74) is 2.68. The van der Waals surface area contributed by atoms with Crippen molar-refractivity contribution >= 4 is 33.4 Å². The third-order valence-corrected chi connectivity index (χ3v) is 6.63. The fourth-order valence-electron chi connectivity index (χ4n) is 4.46. The summed E-state index contributed by atoms with van der Waals surface area (Å²) in [6.45, 7) is 7.08. The van der Waals surface area contributed by atoms with Crippen molar-refractivity contribution in [3.05, 3.63) is 71.5 Å². The second kappa shape index (κ2) is 10.6. The van der Waals surface area contributed by atoms with Crippen LogP contribution in [0.5, 0.6) is 5.75 Å². The highest BCUT2D eigenvalue weighted by Crippen LogP contribution is 2.21. The summed E-state index contributed by atoms with van der Waals surface area (Å²) in [5.74, 6) is 1.30. The van der Waals surface area contributed by atoms with E-state index in [4.69, 9.17) is 14.5 Å². The van der Waals surface area contributed by atoms with E-state index in [0.717, 1.165) is 42.1 Å². The van der Waals surface area contributed by atoms with Gasteiger partial charge in [-0.05, 0) is 38.1 Å². The quantitative estimate of drug-likeness (QED) is 0.395. The standard InChI is InChI=1S/C26H29N5O3S/c1-18-12-30(13-19(2)34-18)14-20-17-35-26(27-20)29-25(32)15-31-23-11-7-6-10-22(23)28-24(31)16-33-21-8-4-3-5-9-21/h3-11,17-19H,12-16H2,1-2H3,(H,27,29,32). The van der Waals surface area contributed by atoms with Gasteiger partial charge in [-0.1, -0.05) is 30.3 Å². The molecule has 0 saturated carbocycles. The van der Waals surface area contributed by atoms with Gasteiger partial charge in [-0.2, -0.15) is 0 Å². The van der Waals surface area contributed by atoms with E-state index in [1.165, 1.54) is 11.3 Å². The third-order valence-electron chi connectivity index (χ3n) is 5.83. The molecule has 1 amide bonds. The molecule has 35 heavy (non-hydrogen) atoms. The maximum atomic E-state index is 13.0. The van der Waals surface area contributed by atoms with E-state index in [2.05, 4.69) is 29.0 Å². The molecule has 1 aliphatic heterocycles. The fraction of sp³-hybridized carbons (Fsp3) is 0.346. The fourth-order valence-corrected chi connectivity index (χ4v) is 5.18. The number of amides is 1. The van der Waals surface area contributed by atoms with E-state index in [1.54, 1.807) is 0 Å². The van der Waals surface area contributed by atoms with Crippen molar-refractivity contribution in [2.45, 2.75) is 45.8 Å². The van der Waals surface area contributed by atoms with Crippen LogP contribution in [0.1, 0.15) is 25.4 Å². The highest BCUT2D eigenvalue weighted by Gasteiger charge is 2.23. The smallest absolute Gasteiger partial charge is 0.246 e. The number of aromatic nitrogens is 3. The molecule has 2 unspecified atom stereocenters. The van der Waals surface area contributed by atoms with Gasteiger partial charge < -0.3 is 19.4 Å². The number of hydrogen-bond donors (Lipinski definition) is 1. The summed E-state index contributed by atoms with van der Waals surface area (Å²) < 4.78 is 13.6. The van der Waals surface area contributed by atoms with Crippen LogP contribution in [-0.4, -0.2) is 50.6 Å². The molecule has 1 N–H and O–H groups in total. The SMILES string of the molecule is CC1CN(Cc2csc(NC(=O)Cn3c(COc4ccccc4)nc4ccccc43)n2)CC(C)O1. The number of benzene rings is 2. The number of para-hydroxylation sites is 3. The van der Waals surface area contributed by atoms with Crippen molar-refractivity contribution in [3.63, 3.8) is 0 Å². The van der Waals surface area contributed by atoms with Crippen molar-refractivity contribution in [3.8, 4) is 5.75 Å². The predicted molar refractivity (Wildman–Crippen MR) is 137 cm³/mol.